The molecule has 3 heteroatoms. The van der Waals surface area contributed by atoms with Crippen molar-refractivity contribution in [1.82, 2.24) is 0 Å². The minimum absolute atomic E-state index is 0.354. The first kappa shape index (κ1) is 11.4. The summed E-state index contributed by atoms with van der Waals surface area (Å²) in [4.78, 5) is 0. The van der Waals surface area contributed by atoms with Crippen molar-refractivity contribution in [2.24, 2.45) is 5.73 Å². The van der Waals surface area contributed by atoms with E-state index in [1.54, 1.807) is 0 Å². The van der Waals surface area contributed by atoms with Gasteiger partial charge in [0, 0.05) is 31.6 Å². The molecule has 0 atom stereocenters. The topological polar surface area (TPSA) is 55.5 Å². The van der Waals surface area contributed by atoms with Gasteiger partial charge in [0.25, 0.3) is 0 Å². The Morgan fingerprint density at radius 3 is 1.93 bits per heavy atom. The van der Waals surface area contributed by atoms with E-state index in [1.807, 2.05) is 0 Å². The van der Waals surface area contributed by atoms with E-state index in [4.69, 9.17) is 10.5 Å². The Kier molecular flexibility index (Phi) is 3.33. The Hall–Kier alpha value is -0.120. The Morgan fingerprint density at radius 2 is 1.40 bits per heavy atom. The van der Waals surface area contributed by atoms with E-state index in [0.717, 1.165) is 12.8 Å². The maximum atomic E-state index is 10.7. The smallest absolute Gasteiger partial charge is 0.0870 e. The molecule has 1 saturated heterocycles. The quantitative estimate of drug-likeness (QED) is 0.650. The maximum Gasteiger partial charge on any atom is 0.0870 e. The molecule has 1 aliphatic heterocycles. The summed E-state index contributed by atoms with van der Waals surface area (Å²) >= 11 is 0. The lowest BCUT2D eigenvalue weighted by atomic mass is 9.71. The highest BCUT2D eigenvalue weighted by atomic mass is 16.5. The highest BCUT2D eigenvalue weighted by Crippen LogP contribution is 2.39. The van der Waals surface area contributed by atoms with E-state index in [1.165, 1.54) is 25.7 Å². The molecule has 3 N–H and O–H groups in total. The highest BCUT2D eigenvalue weighted by molar-refractivity contribution is 5.04. The minimum atomic E-state index is -0.671. The molecule has 0 radical (unpaired) electrons. The molecule has 2 aliphatic rings. The molecule has 0 aromatic rings. The van der Waals surface area contributed by atoms with Crippen LogP contribution in [0.3, 0.4) is 0 Å². The van der Waals surface area contributed by atoms with Gasteiger partial charge in [0.2, 0.25) is 0 Å². The molecule has 0 aromatic heterocycles. The standard InChI is InChI=1S/C12H23NO2/c13-11(5-3-1-2-4-6-11)12(14)7-9-15-10-8-12/h14H,1-10,13H2. The highest BCUT2D eigenvalue weighted by Gasteiger charge is 2.47. The van der Waals surface area contributed by atoms with Crippen LogP contribution < -0.4 is 5.73 Å². The lowest BCUT2D eigenvalue weighted by Crippen LogP contribution is -2.62. The Labute approximate surface area is 92.0 Å². The minimum Gasteiger partial charge on any atom is -0.388 e. The van der Waals surface area contributed by atoms with Crippen LogP contribution in [-0.2, 0) is 4.74 Å². The van der Waals surface area contributed by atoms with Crippen molar-refractivity contribution >= 4 is 0 Å². The van der Waals surface area contributed by atoms with Crippen molar-refractivity contribution in [3.05, 3.63) is 0 Å². The van der Waals surface area contributed by atoms with Gasteiger partial charge in [-0.05, 0) is 12.8 Å². The van der Waals surface area contributed by atoms with Gasteiger partial charge in [-0.1, -0.05) is 25.7 Å². The van der Waals surface area contributed by atoms with Crippen LogP contribution in [0.5, 0.6) is 0 Å². The number of hydrogen-bond acceptors (Lipinski definition) is 3. The Bertz CT molecular complexity index is 204. The number of aliphatic hydroxyl groups is 1. The van der Waals surface area contributed by atoms with Crippen molar-refractivity contribution in [3.8, 4) is 0 Å². The van der Waals surface area contributed by atoms with Crippen LogP contribution in [0.4, 0.5) is 0 Å². The molecular weight excluding hydrogens is 190 g/mol. The van der Waals surface area contributed by atoms with Crippen LogP contribution in [0, 0.1) is 0 Å². The number of rotatable bonds is 1. The summed E-state index contributed by atoms with van der Waals surface area (Å²) in [6, 6.07) is 0. The van der Waals surface area contributed by atoms with E-state index in [-0.39, 0.29) is 5.54 Å². The molecule has 0 bridgehead atoms. The van der Waals surface area contributed by atoms with Crippen molar-refractivity contribution in [3.63, 3.8) is 0 Å². The molecule has 0 aromatic carbocycles. The zero-order valence-electron chi connectivity index (χ0n) is 9.50. The third-order valence-corrected chi connectivity index (χ3v) is 4.24. The van der Waals surface area contributed by atoms with Crippen LogP contribution in [0.25, 0.3) is 0 Å². The molecule has 1 saturated carbocycles. The summed E-state index contributed by atoms with van der Waals surface area (Å²) in [5.41, 5.74) is 5.44. The van der Waals surface area contributed by atoms with E-state index in [0.29, 0.717) is 26.1 Å². The fourth-order valence-electron chi connectivity index (χ4n) is 3.03. The molecule has 0 spiro atoms. The summed E-state index contributed by atoms with van der Waals surface area (Å²) in [7, 11) is 0. The van der Waals surface area contributed by atoms with Crippen molar-refractivity contribution in [1.29, 1.82) is 0 Å². The van der Waals surface area contributed by atoms with Gasteiger partial charge in [-0.3, -0.25) is 0 Å². The van der Waals surface area contributed by atoms with Gasteiger partial charge in [0.05, 0.1) is 5.60 Å². The predicted octanol–water partition coefficient (Wildman–Crippen LogP) is 1.58. The molecular formula is C12H23NO2. The van der Waals surface area contributed by atoms with Gasteiger partial charge >= 0.3 is 0 Å². The molecule has 1 heterocycles. The van der Waals surface area contributed by atoms with Crippen LogP contribution in [0.1, 0.15) is 51.4 Å². The lowest BCUT2D eigenvalue weighted by Gasteiger charge is -2.46. The lowest BCUT2D eigenvalue weighted by molar-refractivity contribution is -0.114. The third-order valence-electron chi connectivity index (χ3n) is 4.24. The van der Waals surface area contributed by atoms with E-state index >= 15 is 0 Å². The van der Waals surface area contributed by atoms with Gasteiger partial charge in [-0.25, -0.2) is 0 Å². The van der Waals surface area contributed by atoms with E-state index in [9.17, 15) is 5.11 Å². The normalized spacial score (nSPS) is 30.8. The Balaban J connectivity index is 2.10. The maximum absolute atomic E-state index is 10.7. The SMILES string of the molecule is NC1(C2(O)CCOCC2)CCCCCC1. The predicted molar refractivity (Wildman–Crippen MR) is 59.6 cm³/mol. The van der Waals surface area contributed by atoms with Gasteiger partial charge in [0.15, 0.2) is 0 Å². The first-order valence-electron chi connectivity index (χ1n) is 6.25. The first-order valence-corrected chi connectivity index (χ1v) is 6.25. The van der Waals surface area contributed by atoms with Crippen LogP contribution in [-0.4, -0.2) is 29.5 Å². The molecule has 15 heavy (non-hydrogen) atoms. The second kappa shape index (κ2) is 4.40. The van der Waals surface area contributed by atoms with Gasteiger partial charge in [-0.2, -0.15) is 0 Å². The summed E-state index contributed by atoms with van der Waals surface area (Å²) in [5.74, 6) is 0. The molecule has 3 nitrogen and oxygen atoms in total. The van der Waals surface area contributed by atoms with Crippen molar-refractivity contribution in [2.45, 2.75) is 62.5 Å². The monoisotopic (exact) mass is 213 g/mol. The fourth-order valence-corrected chi connectivity index (χ4v) is 3.03. The third kappa shape index (κ3) is 2.19. The molecule has 1 aliphatic carbocycles. The molecule has 0 amide bonds. The second-order valence-corrected chi connectivity index (χ2v) is 5.21. The summed E-state index contributed by atoms with van der Waals surface area (Å²) in [6.45, 7) is 1.32. The fraction of sp³-hybridized carbons (Fsp3) is 1.00. The first-order chi connectivity index (χ1) is 7.16. The summed E-state index contributed by atoms with van der Waals surface area (Å²) in [5, 5.41) is 10.7. The zero-order valence-corrected chi connectivity index (χ0v) is 9.50. The average Bonchev–Trinajstić information content (AvgIpc) is 2.45. The van der Waals surface area contributed by atoms with Gasteiger partial charge in [0.1, 0.15) is 0 Å². The summed E-state index contributed by atoms with van der Waals surface area (Å²) in [6.07, 6.45) is 8.25. The average molecular weight is 213 g/mol. The van der Waals surface area contributed by atoms with Gasteiger partial charge < -0.3 is 15.6 Å². The van der Waals surface area contributed by atoms with Gasteiger partial charge in [-0.15, -0.1) is 0 Å². The molecule has 0 unspecified atom stereocenters. The van der Waals surface area contributed by atoms with E-state index < -0.39 is 5.60 Å². The van der Waals surface area contributed by atoms with Crippen LogP contribution in [0.15, 0.2) is 0 Å². The Morgan fingerprint density at radius 1 is 0.867 bits per heavy atom. The van der Waals surface area contributed by atoms with Crippen LogP contribution >= 0.6 is 0 Å². The van der Waals surface area contributed by atoms with E-state index in [2.05, 4.69) is 0 Å². The molecule has 88 valence electrons. The zero-order chi connectivity index (χ0) is 10.8. The van der Waals surface area contributed by atoms with Crippen molar-refractivity contribution in [2.75, 3.05) is 13.2 Å². The number of nitrogens with two attached hydrogens (primary N) is 1. The number of hydrogen-bond donors (Lipinski definition) is 2. The molecule has 2 rings (SSSR count). The van der Waals surface area contributed by atoms with Crippen molar-refractivity contribution < 1.29 is 9.84 Å². The number of ether oxygens (including phenoxy) is 1. The molecule has 2 fully saturated rings. The largest absolute Gasteiger partial charge is 0.388 e. The summed E-state index contributed by atoms with van der Waals surface area (Å²) < 4.78 is 5.32. The second-order valence-electron chi connectivity index (χ2n) is 5.21. The van der Waals surface area contributed by atoms with Crippen LogP contribution in [0.2, 0.25) is 0 Å².